The summed E-state index contributed by atoms with van der Waals surface area (Å²) in [6.07, 6.45) is -2.32. The van der Waals surface area contributed by atoms with Crippen molar-refractivity contribution in [3.8, 4) is 0 Å². The van der Waals surface area contributed by atoms with E-state index in [9.17, 15) is 15.0 Å². The van der Waals surface area contributed by atoms with Crippen LogP contribution in [0.3, 0.4) is 0 Å². The Balaban J connectivity index is 1.99. The molecule has 140 valence electrons. The lowest BCUT2D eigenvalue weighted by molar-refractivity contribution is 0.00162. The Bertz CT molecular complexity index is 1030. The normalized spacial score (nSPS) is 21.6. The summed E-state index contributed by atoms with van der Waals surface area (Å²) >= 11 is 0. The number of aryl methyl sites for hydroxylation is 2. The lowest BCUT2D eigenvalue weighted by Gasteiger charge is -2.36. The number of nitrogens with one attached hydrogen (secondary N) is 2. The first-order valence-electron chi connectivity index (χ1n) is 8.83. The quantitative estimate of drug-likeness (QED) is 0.554. The van der Waals surface area contributed by atoms with Gasteiger partial charge in [-0.2, -0.15) is 0 Å². The fourth-order valence-electron chi connectivity index (χ4n) is 3.76. The number of nitrogens with zero attached hydrogens (tertiary/aromatic N) is 2. The number of aromatic nitrogens is 2. The lowest BCUT2D eigenvalue weighted by atomic mass is 9.85. The number of rotatable bonds is 2. The summed E-state index contributed by atoms with van der Waals surface area (Å²) in [7, 11) is 3.42. The van der Waals surface area contributed by atoms with Crippen LogP contribution in [0.2, 0.25) is 0 Å². The zero-order valence-electron chi connectivity index (χ0n) is 15.4. The van der Waals surface area contributed by atoms with Crippen molar-refractivity contribution in [1.82, 2.24) is 14.9 Å². The number of benzene rings is 2. The lowest BCUT2D eigenvalue weighted by Crippen LogP contribution is -2.38. The molecule has 0 spiro atoms. The predicted octanol–water partition coefficient (Wildman–Crippen LogP) is 1.80. The first-order valence-corrected chi connectivity index (χ1v) is 8.83. The zero-order valence-corrected chi connectivity index (χ0v) is 15.4. The van der Waals surface area contributed by atoms with Crippen LogP contribution in [-0.2, 0) is 7.05 Å². The van der Waals surface area contributed by atoms with E-state index < -0.39 is 18.2 Å². The number of hydrogen-bond acceptors (Lipinski definition) is 5. The largest absolute Gasteiger partial charge is 0.388 e. The van der Waals surface area contributed by atoms with E-state index in [2.05, 4.69) is 15.6 Å². The van der Waals surface area contributed by atoms with E-state index in [1.54, 1.807) is 13.1 Å². The molecule has 0 fully saturated rings. The Morgan fingerprint density at radius 1 is 1.26 bits per heavy atom. The summed E-state index contributed by atoms with van der Waals surface area (Å²) in [4.78, 5) is 17.1. The average molecular weight is 366 g/mol. The van der Waals surface area contributed by atoms with Crippen LogP contribution >= 0.6 is 0 Å². The van der Waals surface area contributed by atoms with Crippen molar-refractivity contribution in [2.45, 2.75) is 25.2 Å². The van der Waals surface area contributed by atoms with Crippen molar-refractivity contribution in [2.24, 2.45) is 7.05 Å². The third-order valence-electron chi connectivity index (χ3n) is 5.33. The molecule has 0 saturated carbocycles. The molecule has 1 aromatic heterocycles. The zero-order chi connectivity index (χ0) is 19.3. The van der Waals surface area contributed by atoms with Crippen LogP contribution in [0.5, 0.6) is 0 Å². The molecule has 1 amide bonds. The van der Waals surface area contributed by atoms with E-state index in [0.29, 0.717) is 22.3 Å². The molecule has 0 radical (unpaired) electrons. The SMILES string of the molecule is CNC(=O)c1cc2c(nc(C)n2C)c2c1C(O)C(O)[C@@H](c1ccccc1)N2. The molecule has 27 heavy (non-hydrogen) atoms. The van der Waals surface area contributed by atoms with Gasteiger partial charge in [-0.1, -0.05) is 30.3 Å². The Hall–Kier alpha value is -2.90. The molecule has 7 heteroatoms. The number of carbonyl (C=O) groups is 1. The van der Waals surface area contributed by atoms with Gasteiger partial charge in [-0.05, 0) is 18.6 Å². The van der Waals surface area contributed by atoms with Crippen molar-refractivity contribution in [3.63, 3.8) is 0 Å². The number of imidazole rings is 1. The van der Waals surface area contributed by atoms with Crippen molar-refractivity contribution in [2.75, 3.05) is 12.4 Å². The molecular formula is C20H22N4O3. The van der Waals surface area contributed by atoms with Gasteiger partial charge >= 0.3 is 0 Å². The summed E-state index contributed by atoms with van der Waals surface area (Å²) in [5.41, 5.74) is 3.59. The van der Waals surface area contributed by atoms with Gasteiger partial charge in [0, 0.05) is 25.2 Å². The Kier molecular flexibility index (Phi) is 4.13. The maximum atomic E-state index is 12.5. The molecule has 4 rings (SSSR count). The molecule has 3 aromatic rings. The highest BCUT2D eigenvalue weighted by atomic mass is 16.3. The second-order valence-electron chi connectivity index (χ2n) is 6.85. The Morgan fingerprint density at radius 2 is 1.96 bits per heavy atom. The molecule has 0 aliphatic carbocycles. The number of aliphatic hydroxyl groups excluding tert-OH is 2. The molecule has 2 aromatic carbocycles. The molecule has 7 nitrogen and oxygen atoms in total. The first-order chi connectivity index (χ1) is 12.9. The molecule has 2 heterocycles. The van der Waals surface area contributed by atoms with Gasteiger partial charge in [0.2, 0.25) is 0 Å². The van der Waals surface area contributed by atoms with Gasteiger partial charge in [-0.3, -0.25) is 4.79 Å². The maximum Gasteiger partial charge on any atom is 0.251 e. The highest BCUT2D eigenvalue weighted by molar-refractivity contribution is 6.04. The third kappa shape index (κ3) is 2.58. The van der Waals surface area contributed by atoms with E-state index >= 15 is 0 Å². The number of anilines is 1. The third-order valence-corrected chi connectivity index (χ3v) is 5.33. The molecule has 1 aliphatic rings. The molecule has 2 unspecified atom stereocenters. The summed E-state index contributed by atoms with van der Waals surface area (Å²) < 4.78 is 1.90. The molecular weight excluding hydrogens is 344 g/mol. The molecule has 1 aliphatic heterocycles. The summed E-state index contributed by atoms with van der Waals surface area (Å²) in [6, 6.07) is 10.6. The van der Waals surface area contributed by atoms with Crippen LogP contribution in [0.4, 0.5) is 5.69 Å². The average Bonchev–Trinajstić information content (AvgIpc) is 2.98. The minimum atomic E-state index is -1.22. The van der Waals surface area contributed by atoms with Gasteiger partial charge in [0.15, 0.2) is 0 Å². The van der Waals surface area contributed by atoms with Crippen LogP contribution in [0.1, 0.15) is 39.5 Å². The topological polar surface area (TPSA) is 99.4 Å². The van der Waals surface area contributed by atoms with Gasteiger partial charge < -0.3 is 25.4 Å². The molecule has 0 bridgehead atoms. The second kappa shape index (κ2) is 6.37. The van der Waals surface area contributed by atoms with Crippen molar-refractivity contribution < 1.29 is 15.0 Å². The smallest absolute Gasteiger partial charge is 0.251 e. The number of fused-ring (bicyclic) bond motifs is 3. The standard InChI is InChI=1S/C20H22N4O3/c1-10-22-16-13(24(10)3)9-12(20(27)21-2)14-17(16)23-15(19(26)18(14)25)11-7-5-4-6-8-11/h4-9,15,18-19,23,25-26H,1-3H3,(H,21,27)/t15-,18?,19?/m1/s1. The molecule has 4 N–H and O–H groups in total. The fraction of sp³-hybridized carbons (Fsp3) is 0.300. The van der Waals surface area contributed by atoms with Gasteiger partial charge in [-0.15, -0.1) is 0 Å². The monoisotopic (exact) mass is 366 g/mol. The number of hydrogen-bond donors (Lipinski definition) is 4. The Morgan fingerprint density at radius 3 is 2.63 bits per heavy atom. The summed E-state index contributed by atoms with van der Waals surface area (Å²) in [6.45, 7) is 1.88. The van der Waals surface area contributed by atoms with Crippen LogP contribution < -0.4 is 10.6 Å². The van der Waals surface area contributed by atoms with Crippen LogP contribution in [0.25, 0.3) is 11.0 Å². The van der Waals surface area contributed by atoms with Crippen LogP contribution in [0.15, 0.2) is 36.4 Å². The predicted molar refractivity (Wildman–Crippen MR) is 103 cm³/mol. The first kappa shape index (κ1) is 17.5. The van der Waals surface area contributed by atoms with Gasteiger partial charge in [-0.25, -0.2) is 4.98 Å². The maximum absolute atomic E-state index is 12.5. The summed E-state index contributed by atoms with van der Waals surface area (Å²) in [5, 5.41) is 27.6. The van der Waals surface area contributed by atoms with E-state index in [1.807, 2.05) is 48.9 Å². The Labute approximate surface area is 156 Å². The van der Waals surface area contributed by atoms with E-state index in [0.717, 1.165) is 16.9 Å². The molecule has 3 atom stereocenters. The second-order valence-corrected chi connectivity index (χ2v) is 6.85. The van der Waals surface area contributed by atoms with E-state index in [-0.39, 0.29) is 5.91 Å². The van der Waals surface area contributed by atoms with Gasteiger partial charge in [0.05, 0.1) is 17.2 Å². The number of amides is 1. The minimum Gasteiger partial charge on any atom is -0.388 e. The summed E-state index contributed by atoms with van der Waals surface area (Å²) in [5.74, 6) is 0.471. The number of carbonyl (C=O) groups excluding carboxylic acids is 1. The van der Waals surface area contributed by atoms with E-state index in [1.165, 1.54) is 0 Å². The highest BCUT2D eigenvalue weighted by Crippen LogP contribution is 2.44. The van der Waals surface area contributed by atoms with Crippen molar-refractivity contribution in [3.05, 3.63) is 58.9 Å². The number of aliphatic hydroxyl groups is 2. The van der Waals surface area contributed by atoms with Crippen LogP contribution in [0, 0.1) is 6.92 Å². The van der Waals surface area contributed by atoms with E-state index in [4.69, 9.17) is 0 Å². The van der Waals surface area contributed by atoms with Crippen molar-refractivity contribution >= 4 is 22.6 Å². The van der Waals surface area contributed by atoms with Crippen LogP contribution in [-0.4, -0.2) is 38.8 Å². The van der Waals surface area contributed by atoms with Gasteiger partial charge in [0.25, 0.3) is 5.91 Å². The van der Waals surface area contributed by atoms with Gasteiger partial charge in [0.1, 0.15) is 23.5 Å². The highest BCUT2D eigenvalue weighted by Gasteiger charge is 2.39. The van der Waals surface area contributed by atoms with Crippen molar-refractivity contribution in [1.29, 1.82) is 0 Å². The molecule has 0 saturated heterocycles. The fourth-order valence-corrected chi connectivity index (χ4v) is 3.76. The minimum absolute atomic E-state index is 0.321.